The minimum atomic E-state index is -0.999. The van der Waals surface area contributed by atoms with Gasteiger partial charge in [-0.25, -0.2) is 4.79 Å². The summed E-state index contributed by atoms with van der Waals surface area (Å²) in [5, 5.41) is 0. The van der Waals surface area contributed by atoms with Crippen LogP contribution in [-0.4, -0.2) is 49.4 Å². The van der Waals surface area contributed by atoms with E-state index in [0.717, 1.165) is 6.08 Å². The molecule has 0 aliphatic carbocycles. The first-order valence-corrected chi connectivity index (χ1v) is 7.01. The number of carbonyl (C=O) groups excluding carboxylic acids is 3. The molecule has 3 aliphatic rings. The van der Waals surface area contributed by atoms with Crippen molar-refractivity contribution in [1.29, 1.82) is 0 Å². The lowest BCUT2D eigenvalue weighted by Gasteiger charge is -2.30. The van der Waals surface area contributed by atoms with Crippen LogP contribution in [0.5, 0.6) is 0 Å². The largest absolute Gasteiger partial charge is 0.462 e. The highest BCUT2D eigenvalue weighted by Crippen LogP contribution is 2.58. The molecule has 0 saturated carbocycles. The highest BCUT2D eigenvalue weighted by molar-refractivity contribution is 5.88. The minimum Gasteiger partial charge on any atom is -0.462 e. The molecule has 2 bridgehead atoms. The van der Waals surface area contributed by atoms with Crippen LogP contribution in [0.3, 0.4) is 0 Å². The Morgan fingerprint density at radius 3 is 2.91 bits per heavy atom. The highest BCUT2D eigenvalue weighted by atomic mass is 16.6. The molecule has 0 radical (unpaired) electrons. The molecule has 1 unspecified atom stereocenters. The van der Waals surface area contributed by atoms with E-state index in [1.807, 2.05) is 12.2 Å². The van der Waals surface area contributed by atoms with Crippen LogP contribution in [0, 0.1) is 5.41 Å². The van der Waals surface area contributed by atoms with Gasteiger partial charge < -0.3 is 18.9 Å². The van der Waals surface area contributed by atoms with E-state index in [0.29, 0.717) is 6.42 Å². The van der Waals surface area contributed by atoms with Crippen molar-refractivity contribution in [2.24, 2.45) is 5.41 Å². The van der Waals surface area contributed by atoms with Gasteiger partial charge in [-0.1, -0.05) is 12.7 Å². The first kappa shape index (κ1) is 14.8. The second-order valence-electron chi connectivity index (χ2n) is 5.54. The van der Waals surface area contributed by atoms with E-state index in [1.165, 1.54) is 0 Å². The fraction of sp³-hybridized carbons (Fsp3) is 0.533. The van der Waals surface area contributed by atoms with Gasteiger partial charge >= 0.3 is 17.9 Å². The summed E-state index contributed by atoms with van der Waals surface area (Å²) in [6, 6.07) is 0. The standard InChI is InChI=1S/C15H16O7/c1-2-11(16)19-5-6-20-12(17)8-14-7-10-3-4-15(14,22-10)9-21-13(14)18/h2-4,10H,1,5-9H2/t10-,14?,15-/m0/s1. The number of hydrogen-bond donors (Lipinski definition) is 0. The SMILES string of the molecule is C=CC(=O)OCCOC(=O)CC12C[C@@H]3C=C[C@@]1(COC2=O)O3. The topological polar surface area (TPSA) is 88.1 Å². The Hall–Kier alpha value is -2.15. The molecule has 118 valence electrons. The van der Waals surface area contributed by atoms with Crippen molar-refractivity contribution in [2.45, 2.75) is 24.5 Å². The normalized spacial score (nSPS) is 34.2. The Balaban J connectivity index is 1.57. The molecule has 22 heavy (non-hydrogen) atoms. The van der Waals surface area contributed by atoms with Crippen molar-refractivity contribution in [3.05, 3.63) is 24.8 Å². The van der Waals surface area contributed by atoms with Crippen molar-refractivity contribution >= 4 is 17.9 Å². The van der Waals surface area contributed by atoms with Crippen LogP contribution in [0.2, 0.25) is 0 Å². The molecular formula is C15H16O7. The van der Waals surface area contributed by atoms with Gasteiger partial charge in [0, 0.05) is 6.08 Å². The van der Waals surface area contributed by atoms with Crippen LogP contribution in [0.15, 0.2) is 24.8 Å². The van der Waals surface area contributed by atoms with Gasteiger partial charge in [0.1, 0.15) is 30.8 Å². The van der Waals surface area contributed by atoms with E-state index < -0.39 is 28.9 Å². The maximum absolute atomic E-state index is 12.1. The summed E-state index contributed by atoms with van der Waals surface area (Å²) in [5.41, 5.74) is -1.84. The van der Waals surface area contributed by atoms with Crippen molar-refractivity contribution in [3.8, 4) is 0 Å². The fourth-order valence-corrected chi connectivity index (χ4v) is 3.25. The molecule has 7 heteroatoms. The predicted molar refractivity (Wildman–Crippen MR) is 71.5 cm³/mol. The van der Waals surface area contributed by atoms with Gasteiger partial charge in [-0.2, -0.15) is 0 Å². The number of esters is 3. The van der Waals surface area contributed by atoms with E-state index in [4.69, 9.17) is 18.9 Å². The van der Waals surface area contributed by atoms with E-state index in [9.17, 15) is 14.4 Å². The molecule has 3 heterocycles. The van der Waals surface area contributed by atoms with E-state index in [1.54, 1.807) is 0 Å². The number of hydrogen-bond acceptors (Lipinski definition) is 7. The van der Waals surface area contributed by atoms with Crippen LogP contribution >= 0.6 is 0 Å². The molecular weight excluding hydrogens is 292 g/mol. The number of cyclic esters (lactones) is 1. The Kier molecular flexibility index (Phi) is 3.52. The van der Waals surface area contributed by atoms with Gasteiger partial charge in [0.15, 0.2) is 0 Å². The zero-order chi connectivity index (χ0) is 15.8. The molecule has 3 atom stereocenters. The van der Waals surface area contributed by atoms with Gasteiger partial charge in [-0.05, 0) is 12.5 Å². The smallest absolute Gasteiger partial charge is 0.330 e. The summed E-state index contributed by atoms with van der Waals surface area (Å²) in [5.74, 6) is -1.55. The fourth-order valence-electron chi connectivity index (χ4n) is 3.25. The summed E-state index contributed by atoms with van der Waals surface area (Å²) in [6.45, 7) is 3.25. The van der Waals surface area contributed by atoms with E-state index >= 15 is 0 Å². The minimum absolute atomic E-state index is 0.0573. The monoisotopic (exact) mass is 308 g/mol. The van der Waals surface area contributed by atoms with Crippen LogP contribution < -0.4 is 0 Å². The molecule has 3 aliphatic heterocycles. The Bertz CT molecular complexity index is 566. The number of carbonyl (C=O) groups is 3. The number of rotatable bonds is 6. The lowest BCUT2D eigenvalue weighted by atomic mass is 9.68. The van der Waals surface area contributed by atoms with Gasteiger partial charge in [0.25, 0.3) is 0 Å². The first-order valence-electron chi connectivity index (χ1n) is 7.01. The third kappa shape index (κ3) is 2.12. The molecule has 2 saturated heterocycles. The van der Waals surface area contributed by atoms with Gasteiger partial charge in [0.05, 0.1) is 12.5 Å². The first-order chi connectivity index (χ1) is 10.5. The molecule has 1 spiro atoms. The molecule has 0 aromatic carbocycles. The number of fused-ring (bicyclic) bond motifs is 1. The predicted octanol–water partition coefficient (Wildman–Crippen LogP) is 0.290. The Morgan fingerprint density at radius 2 is 2.18 bits per heavy atom. The van der Waals surface area contributed by atoms with Crippen LogP contribution in [0.25, 0.3) is 0 Å². The van der Waals surface area contributed by atoms with Gasteiger partial charge in [-0.3, -0.25) is 9.59 Å². The average molecular weight is 308 g/mol. The summed E-state index contributed by atoms with van der Waals surface area (Å²) in [4.78, 5) is 35.0. The quantitative estimate of drug-likeness (QED) is 0.229. The summed E-state index contributed by atoms with van der Waals surface area (Å²) < 4.78 is 20.6. The third-order valence-electron chi connectivity index (χ3n) is 4.31. The van der Waals surface area contributed by atoms with E-state index in [2.05, 4.69) is 6.58 Å². The van der Waals surface area contributed by atoms with Gasteiger partial charge in [-0.15, -0.1) is 0 Å². The molecule has 2 fully saturated rings. The summed E-state index contributed by atoms with van der Waals surface area (Å²) in [6.07, 6.45) is 4.88. The molecule has 0 aromatic heterocycles. The van der Waals surface area contributed by atoms with Crippen molar-refractivity contribution < 1.29 is 33.3 Å². The third-order valence-corrected chi connectivity index (χ3v) is 4.31. The zero-order valence-electron chi connectivity index (χ0n) is 11.9. The Labute approximate surface area is 126 Å². The second-order valence-corrected chi connectivity index (χ2v) is 5.54. The lowest BCUT2D eigenvalue weighted by molar-refractivity contribution is -0.158. The maximum Gasteiger partial charge on any atom is 0.330 e. The molecule has 3 rings (SSSR count). The van der Waals surface area contributed by atoms with Crippen molar-refractivity contribution in [3.63, 3.8) is 0 Å². The summed E-state index contributed by atoms with van der Waals surface area (Å²) >= 11 is 0. The van der Waals surface area contributed by atoms with Crippen LogP contribution in [0.1, 0.15) is 12.8 Å². The molecule has 0 N–H and O–H groups in total. The van der Waals surface area contributed by atoms with Crippen molar-refractivity contribution in [1.82, 2.24) is 0 Å². The Morgan fingerprint density at radius 1 is 1.41 bits per heavy atom. The molecule has 0 amide bonds. The zero-order valence-corrected chi connectivity index (χ0v) is 11.9. The molecule has 7 nitrogen and oxygen atoms in total. The maximum atomic E-state index is 12.1. The van der Waals surface area contributed by atoms with Crippen molar-refractivity contribution in [2.75, 3.05) is 19.8 Å². The van der Waals surface area contributed by atoms with E-state index in [-0.39, 0.29) is 32.3 Å². The average Bonchev–Trinajstić information content (AvgIpc) is 3.12. The lowest BCUT2D eigenvalue weighted by Crippen LogP contribution is -2.46. The molecule has 0 aromatic rings. The van der Waals surface area contributed by atoms with Crippen LogP contribution in [0.4, 0.5) is 0 Å². The number of ether oxygens (including phenoxy) is 4. The highest BCUT2D eigenvalue weighted by Gasteiger charge is 2.70. The summed E-state index contributed by atoms with van der Waals surface area (Å²) in [7, 11) is 0. The van der Waals surface area contributed by atoms with Gasteiger partial charge in [0.2, 0.25) is 0 Å². The second kappa shape index (κ2) is 5.24. The van der Waals surface area contributed by atoms with Crippen LogP contribution in [-0.2, 0) is 33.3 Å².